The van der Waals surface area contributed by atoms with E-state index in [0.29, 0.717) is 29.1 Å². The van der Waals surface area contributed by atoms with Crippen molar-refractivity contribution in [1.82, 2.24) is 85.7 Å². The van der Waals surface area contributed by atoms with Gasteiger partial charge in [-0.1, -0.05) is 298 Å². The van der Waals surface area contributed by atoms with Crippen molar-refractivity contribution >= 4 is 6.34 Å². The van der Waals surface area contributed by atoms with E-state index in [1.807, 2.05) is 12.2 Å². The Morgan fingerprint density at radius 2 is 0.618 bits per heavy atom. The SMILES string of the molecule is C.C.C.C.C.C.C.C.C.C=C1C=CNC(=C)N1.C=C1C=CNN1.C=C1CC(=C)NC(=C)N1.C=C1CNNN1.C=C1N=CNC(=C)N1.C=C1NC(=C)NC(=C)N1.C=C1NC=CN1.CC(C)C.CC(C)C.CC(C)C.CC(C)C.CC(C)C.CC(C)C.CC(C)C. The lowest BCUT2D eigenvalue weighted by Gasteiger charge is -2.23. The van der Waals surface area contributed by atoms with Crippen molar-refractivity contribution in [2.75, 3.05) is 6.54 Å². The van der Waals surface area contributed by atoms with E-state index in [0.717, 1.165) is 100 Å². The van der Waals surface area contributed by atoms with E-state index in [-0.39, 0.29) is 66.8 Å². The summed E-state index contributed by atoms with van der Waals surface area (Å²) in [5.74, 6) is 11.6. The van der Waals surface area contributed by atoms with Crippen LogP contribution in [0, 0.1) is 41.4 Å². The van der Waals surface area contributed by atoms with E-state index < -0.39 is 0 Å². The Kier molecular flexibility index (Phi) is 114. The van der Waals surface area contributed by atoms with Crippen LogP contribution in [0.3, 0.4) is 0 Å². The van der Waals surface area contributed by atoms with E-state index >= 15 is 0 Å². The maximum Gasteiger partial charge on any atom is 0.125 e. The molecule has 0 aromatic carbocycles. The lowest BCUT2D eigenvalue weighted by molar-refractivity contribution is 0.602. The van der Waals surface area contributed by atoms with Gasteiger partial charge in [0.25, 0.3) is 0 Å². The zero-order valence-electron chi connectivity index (χ0n) is 54.6. The highest BCUT2D eigenvalue weighted by atomic mass is 15.6. The Hall–Kier alpha value is -7.37. The van der Waals surface area contributed by atoms with Gasteiger partial charge >= 0.3 is 0 Å². The van der Waals surface area contributed by atoms with Crippen LogP contribution in [-0.2, 0) is 0 Å². The molecule has 0 aromatic heterocycles. The largest absolute Gasteiger partial charge is 0.349 e. The van der Waals surface area contributed by atoms with Crippen LogP contribution < -0.4 is 85.7 Å². The highest BCUT2D eigenvalue weighted by molar-refractivity contribution is 5.60. The lowest BCUT2D eigenvalue weighted by Crippen LogP contribution is -2.40. The molecular weight excluding hydrogens is 1100 g/mol. The van der Waals surface area contributed by atoms with Crippen LogP contribution in [-0.4, -0.2) is 12.9 Å². The number of aliphatic imine (C=N–C) groups is 1. The predicted molar refractivity (Wildman–Crippen MR) is 419 cm³/mol. The molecule has 17 nitrogen and oxygen atoms in total. The van der Waals surface area contributed by atoms with Crippen molar-refractivity contribution in [1.29, 1.82) is 0 Å². The standard InChI is InChI=1S/C7H10N2.C6H9N3.C6H8N2.C5H7N3.2C4H6N2.7C4H10.C3H7N3.9CH4/c1-5-4-6(2)9-7(3)8-5;1-4-7-5(2)9-6(3)8-4;1-5-3-4-7-6(2)8-5;1-4-6-3-7-5(2)8-4;1-4-5-2-3-6-4;1-4-2-3-5-6-4;7*1-4(2)3;1-3-2-4-6-5-3;;;;;;;;;/h8-9H,1-4H2;7-9H,1-3H2;3-4,7-8H,1-2H2;3,8H,1-2H2,(H,6,7);2*2-3,5-6H,1H2;7*4H,1-3H3;4-6H,1-2H2;9*1H4. The molecule has 3 saturated heterocycles. The van der Waals surface area contributed by atoms with Gasteiger partial charge in [0.05, 0.1) is 30.3 Å². The van der Waals surface area contributed by atoms with Gasteiger partial charge in [-0.05, 0) is 53.6 Å². The molecule has 7 aliphatic heterocycles. The van der Waals surface area contributed by atoms with Gasteiger partial charge in [0.15, 0.2) is 0 Å². The summed E-state index contributed by atoms with van der Waals surface area (Å²) in [5.41, 5.74) is 18.4. The Morgan fingerprint density at radius 3 is 0.775 bits per heavy atom. The molecule has 7 rings (SSSR count). The summed E-state index contributed by atoms with van der Waals surface area (Å²) in [6.07, 6.45) is 13.2. The summed E-state index contributed by atoms with van der Waals surface area (Å²) >= 11 is 0. The third-order valence-corrected chi connectivity index (χ3v) is 5.42. The summed E-state index contributed by atoms with van der Waals surface area (Å²) in [5, 5.41) is 31.4. The first-order chi connectivity index (χ1) is 36.7. The van der Waals surface area contributed by atoms with E-state index in [9.17, 15) is 0 Å². The van der Waals surface area contributed by atoms with E-state index in [1.165, 1.54) is 0 Å². The highest BCUT2D eigenvalue weighted by Crippen LogP contribution is 2.09. The average Bonchev–Trinajstić information content (AvgIpc) is 4.05. The molecule has 0 aliphatic carbocycles. The molecule has 0 amide bonds. The fourth-order valence-electron chi connectivity index (χ4n) is 3.36. The van der Waals surface area contributed by atoms with Crippen LogP contribution in [0.15, 0.2) is 203 Å². The summed E-state index contributed by atoms with van der Waals surface area (Å²) in [6, 6.07) is 0. The molecule has 532 valence electrons. The Morgan fingerprint density at radius 1 is 0.315 bits per heavy atom. The molecule has 0 radical (unpaired) electrons. The van der Waals surface area contributed by atoms with Crippen LogP contribution in [0.25, 0.3) is 0 Å². The average molecular weight is 1260 g/mol. The fourth-order valence-corrected chi connectivity index (χ4v) is 3.36. The van der Waals surface area contributed by atoms with Crippen molar-refractivity contribution < 1.29 is 0 Å². The number of allylic oxidation sites excluding steroid dienone is 2. The van der Waals surface area contributed by atoms with Gasteiger partial charge in [-0.3, -0.25) is 0 Å². The molecule has 0 bridgehead atoms. The Labute approximate surface area is 558 Å². The Balaban J connectivity index is -0.0000000462. The number of nitrogens with zero attached hydrogens (tertiary/aromatic N) is 1. The molecule has 0 saturated carbocycles. The topological polar surface area (TPSA) is 205 Å². The minimum atomic E-state index is 0. The second kappa shape index (κ2) is 82.7. The normalized spacial score (nSPS) is 13.4. The van der Waals surface area contributed by atoms with Crippen LogP contribution in [0.5, 0.6) is 0 Å². The molecule has 0 atom stereocenters. The third kappa shape index (κ3) is 150. The van der Waals surface area contributed by atoms with Gasteiger partial charge in [-0.2, -0.15) is 5.53 Å². The lowest BCUT2D eigenvalue weighted by atomic mass is 10.2. The molecule has 0 unspecified atom stereocenters. The van der Waals surface area contributed by atoms with E-state index in [1.54, 1.807) is 31.1 Å². The number of hydrogen-bond acceptors (Lipinski definition) is 17. The van der Waals surface area contributed by atoms with E-state index in [4.69, 9.17) is 0 Å². The molecule has 7 heterocycles. The molecular formula is C72H159N17. The van der Waals surface area contributed by atoms with Crippen LogP contribution in [0.2, 0.25) is 0 Å². The molecule has 89 heavy (non-hydrogen) atoms. The summed E-state index contributed by atoms with van der Waals surface area (Å²) in [6.45, 7) is 93.6. The van der Waals surface area contributed by atoms with Gasteiger partial charge in [-0.15, -0.1) is 0 Å². The second-order valence-electron chi connectivity index (χ2n) is 22.5. The summed E-state index contributed by atoms with van der Waals surface area (Å²) in [7, 11) is 0. The number of hydrogen-bond donors (Lipinski definition) is 16. The molecule has 16 N–H and O–H groups in total. The first-order valence-corrected chi connectivity index (χ1v) is 27.4. The number of nitrogens with one attached hydrogen (secondary N) is 16. The van der Waals surface area contributed by atoms with Crippen LogP contribution >= 0.6 is 0 Å². The first-order valence-electron chi connectivity index (χ1n) is 27.4. The number of rotatable bonds is 0. The summed E-state index contributed by atoms with van der Waals surface area (Å²) in [4.78, 5) is 3.78. The minimum absolute atomic E-state index is 0. The van der Waals surface area contributed by atoms with Gasteiger partial charge in [0.2, 0.25) is 0 Å². The van der Waals surface area contributed by atoms with Crippen molar-refractivity contribution in [2.24, 2.45) is 46.4 Å². The molecule has 17 heteroatoms. The molecule has 7 aliphatic rings. The van der Waals surface area contributed by atoms with Crippen molar-refractivity contribution in [3.63, 3.8) is 0 Å². The first kappa shape index (κ1) is 123. The second-order valence-corrected chi connectivity index (χ2v) is 22.5. The zero-order chi connectivity index (χ0) is 63.9. The quantitative estimate of drug-likeness (QED) is 0.109. The van der Waals surface area contributed by atoms with Gasteiger partial charge in [0.1, 0.15) is 29.1 Å². The third-order valence-electron chi connectivity index (χ3n) is 5.42. The van der Waals surface area contributed by atoms with Crippen molar-refractivity contribution in [3.8, 4) is 0 Å². The van der Waals surface area contributed by atoms with Crippen LogP contribution in [0.4, 0.5) is 0 Å². The van der Waals surface area contributed by atoms with Gasteiger partial charge < -0.3 is 74.8 Å². The van der Waals surface area contributed by atoms with E-state index in [2.05, 4.69) is 322 Å². The molecule has 0 spiro atoms. The van der Waals surface area contributed by atoms with Gasteiger partial charge in [-0.25, -0.2) is 10.4 Å². The number of hydrazine groups is 3. The van der Waals surface area contributed by atoms with Crippen molar-refractivity contribution in [3.05, 3.63) is 198 Å². The fraction of sp³-hybridized carbons (Fsp3) is 0.542. The highest BCUT2D eigenvalue weighted by Gasteiger charge is 2.06. The maximum atomic E-state index is 3.78. The smallest absolute Gasteiger partial charge is 0.125 e. The monoisotopic (exact) mass is 1260 g/mol. The van der Waals surface area contributed by atoms with Gasteiger partial charge in [0, 0.05) is 59.7 Å². The minimum Gasteiger partial charge on any atom is -0.349 e. The maximum absolute atomic E-state index is 3.78. The molecule has 3 fully saturated rings. The zero-order valence-corrected chi connectivity index (χ0v) is 54.6. The Bertz CT molecular complexity index is 1660. The van der Waals surface area contributed by atoms with Crippen molar-refractivity contribution in [2.45, 2.75) is 219 Å². The molecule has 0 aromatic rings. The predicted octanol–water partition coefficient (Wildman–Crippen LogP) is 18.8. The van der Waals surface area contributed by atoms with Crippen LogP contribution in [0.1, 0.15) is 219 Å². The summed E-state index contributed by atoms with van der Waals surface area (Å²) < 4.78 is 0.